The number of benzene rings is 1. The Kier molecular flexibility index (Phi) is 6.39. The van der Waals surface area contributed by atoms with Crippen LogP contribution < -0.4 is 5.73 Å². The molecule has 0 heterocycles. The summed E-state index contributed by atoms with van der Waals surface area (Å²) in [6, 6.07) is 10.2. The molecule has 12 heavy (non-hydrogen) atoms. The van der Waals surface area contributed by atoms with Crippen molar-refractivity contribution in [2.45, 2.75) is 27.3 Å². The first-order valence-corrected chi connectivity index (χ1v) is 4.26. The Balaban J connectivity index is 0.000000261. The first-order chi connectivity index (χ1) is 5.66. The molecule has 0 unspecified atom stereocenters. The summed E-state index contributed by atoms with van der Waals surface area (Å²) in [5.41, 5.74) is 5.05. The van der Waals surface area contributed by atoms with Crippen LogP contribution in [0.15, 0.2) is 30.3 Å². The zero-order valence-electron chi connectivity index (χ0n) is 8.30. The normalized spacial score (nSPS) is 9.08. The summed E-state index contributed by atoms with van der Waals surface area (Å²) in [5.74, 6) is 1.42. The molecule has 0 saturated heterocycles. The van der Waals surface area contributed by atoms with Crippen LogP contribution in [0.1, 0.15) is 26.3 Å². The Bertz CT molecular complexity index is 177. The van der Waals surface area contributed by atoms with Crippen molar-refractivity contribution in [2.24, 2.45) is 0 Å². The van der Waals surface area contributed by atoms with Crippen LogP contribution in [0.5, 0.6) is 0 Å². The van der Waals surface area contributed by atoms with E-state index in [4.69, 9.17) is 0 Å². The third-order valence-corrected chi connectivity index (χ3v) is 1.13. The zero-order valence-corrected chi connectivity index (χ0v) is 8.30. The van der Waals surface area contributed by atoms with Crippen molar-refractivity contribution in [1.82, 2.24) is 0 Å². The molecular weight excluding hydrogens is 146 g/mol. The highest BCUT2D eigenvalue weighted by molar-refractivity contribution is 5.12. The van der Waals surface area contributed by atoms with Gasteiger partial charge in [0.05, 0.1) is 6.54 Å². The van der Waals surface area contributed by atoms with Crippen molar-refractivity contribution in [3.63, 3.8) is 0 Å². The molecule has 0 bridgehead atoms. The minimum absolute atomic E-state index is 0.890. The molecule has 0 aliphatic carbocycles. The Morgan fingerprint density at radius 2 is 1.50 bits per heavy atom. The third-order valence-electron chi connectivity index (χ3n) is 1.13. The number of rotatable bonds is 1. The standard InChI is InChI=1S/C7H9N.C4H9/c8-6-7-4-2-1-3-5-7;1-4(2)3/h1-5H,6,8H2;1-3H3/q;-1/p+1. The Morgan fingerprint density at radius 3 is 1.75 bits per heavy atom. The first-order valence-electron chi connectivity index (χ1n) is 4.26. The molecule has 1 aromatic rings. The minimum atomic E-state index is 0.890. The molecule has 1 rings (SSSR count). The molecule has 0 aromatic heterocycles. The maximum absolute atomic E-state index is 3.76. The van der Waals surface area contributed by atoms with Gasteiger partial charge in [-0.2, -0.15) is 20.8 Å². The molecule has 1 aromatic carbocycles. The minimum Gasteiger partial charge on any atom is -0.354 e. The average Bonchev–Trinajstić information content (AvgIpc) is 2.05. The lowest BCUT2D eigenvalue weighted by Crippen LogP contribution is -2.47. The van der Waals surface area contributed by atoms with E-state index in [2.05, 4.69) is 38.6 Å². The van der Waals surface area contributed by atoms with E-state index in [1.165, 1.54) is 11.5 Å². The monoisotopic (exact) mass is 165 g/mol. The lowest BCUT2D eigenvalue weighted by atomic mass is 10.2. The van der Waals surface area contributed by atoms with Gasteiger partial charge in [-0.1, -0.05) is 30.3 Å². The smallest absolute Gasteiger partial charge is 0.0997 e. The van der Waals surface area contributed by atoms with E-state index < -0.39 is 0 Å². The van der Waals surface area contributed by atoms with Crippen LogP contribution in [-0.2, 0) is 6.54 Å². The predicted molar refractivity (Wildman–Crippen MR) is 53.3 cm³/mol. The van der Waals surface area contributed by atoms with E-state index in [1.807, 2.05) is 18.2 Å². The van der Waals surface area contributed by atoms with Gasteiger partial charge in [0.25, 0.3) is 0 Å². The van der Waals surface area contributed by atoms with Crippen LogP contribution in [0.3, 0.4) is 0 Å². The Labute approximate surface area is 75.6 Å². The van der Waals surface area contributed by atoms with Crippen molar-refractivity contribution in [3.8, 4) is 0 Å². The fourth-order valence-corrected chi connectivity index (χ4v) is 0.645. The molecule has 0 atom stereocenters. The van der Waals surface area contributed by atoms with Gasteiger partial charge in [0.1, 0.15) is 0 Å². The van der Waals surface area contributed by atoms with Gasteiger partial charge in [0.15, 0.2) is 0 Å². The van der Waals surface area contributed by atoms with Crippen molar-refractivity contribution in [3.05, 3.63) is 41.8 Å². The molecule has 68 valence electrons. The Morgan fingerprint density at radius 1 is 1.08 bits per heavy atom. The molecule has 3 N–H and O–H groups in total. The lowest BCUT2D eigenvalue weighted by molar-refractivity contribution is -0.386. The highest BCUT2D eigenvalue weighted by atomic mass is 14.5. The molecule has 0 amide bonds. The van der Waals surface area contributed by atoms with Crippen LogP contribution >= 0.6 is 0 Å². The van der Waals surface area contributed by atoms with Crippen molar-refractivity contribution < 1.29 is 5.73 Å². The van der Waals surface area contributed by atoms with E-state index in [9.17, 15) is 0 Å². The van der Waals surface area contributed by atoms with E-state index in [1.54, 1.807) is 0 Å². The van der Waals surface area contributed by atoms with Crippen molar-refractivity contribution in [1.29, 1.82) is 0 Å². The summed E-state index contributed by atoms with van der Waals surface area (Å²) in [6.07, 6.45) is 0. The molecular formula is C11H19N. The molecule has 1 heteroatoms. The quantitative estimate of drug-likeness (QED) is 0.617. The number of quaternary nitrogens is 1. The van der Waals surface area contributed by atoms with Gasteiger partial charge in [0.2, 0.25) is 0 Å². The van der Waals surface area contributed by atoms with Gasteiger partial charge in [-0.25, -0.2) is 0 Å². The lowest BCUT2D eigenvalue weighted by Gasteiger charge is -1.99. The summed E-state index contributed by atoms with van der Waals surface area (Å²) in [4.78, 5) is 0. The fourth-order valence-electron chi connectivity index (χ4n) is 0.645. The van der Waals surface area contributed by atoms with E-state index in [0.717, 1.165) is 6.54 Å². The molecule has 0 saturated carbocycles. The van der Waals surface area contributed by atoms with Crippen LogP contribution in [-0.4, -0.2) is 0 Å². The predicted octanol–water partition coefficient (Wildman–Crippen LogP) is 2.05. The molecule has 0 radical (unpaired) electrons. The summed E-state index contributed by atoms with van der Waals surface area (Å²) >= 11 is 0. The number of hydrogen-bond donors (Lipinski definition) is 1. The summed E-state index contributed by atoms with van der Waals surface area (Å²) in [5, 5.41) is 0. The summed E-state index contributed by atoms with van der Waals surface area (Å²) in [6.45, 7) is 7.14. The molecule has 0 aliphatic heterocycles. The van der Waals surface area contributed by atoms with Gasteiger partial charge in [-0.05, 0) is 0 Å². The SMILES string of the molecule is C[C-](C)C.[NH3+]Cc1ccccc1. The van der Waals surface area contributed by atoms with Gasteiger partial charge in [-0.3, -0.25) is 0 Å². The molecule has 1 nitrogen and oxygen atoms in total. The fraction of sp³-hybridized carbons (Fsp3) is 0.364. The third kappa shape index (κ3) is 7.29. The van der Waals surface area contributed by atoms with Gasteiger partial charge >= 0.3 is 0 Å². The molecule has 0 spiro atoms. The topological polar surface area (TPSA) is 27.6 Å². The highest BCUT2D eigenvalue weighted by Gasteiger charge is 1.82. The summed E-state index contributed by atoms with van der Waals surface area (Å²) < 4.78 is 0. The highest BCUT2D eigenvalue weighted by Crippen LogP contribution is 1.93. The Hall–Kier alpha value is -0.820. The summed E-state index contributed by atoms with van der Waals surface area (Å²) in [7, 11) is 0. The van der Waals surface area contributed by atoms with Crippen LogP contribution in [0, 0.1) is 5.92 Å². The maximum Gasteiger partial charge on any atom is 0.0997 e. The van der Waals surface area contributed by atoms with Crippen molar-refractivity contribution in [2.75, 3.05) is 0 Å². The zero-order chi connectivity index (χ0) is 9.40. The van der Waals surface area contributed by atoms with Crippen molar-refractivity contribution >= 4 is 0 Å². The average molecular weight is 165 g/mol. The second kappa shape index (κ2) is 6.86. The van der Waals surface area contributed by atoms with Gasteiger partial charge in [-0.15, -0.1) is 0 Å². The molecule has 0 aliphatic rings. The van der Waals surface area contributed by atoms with Crippen LogP contribution in [0.4, 0.5) is 0 Å². The van der Waals surface area contributed by atoms with E-state index in [0.29, 0.717) is 0 Å². The largest absolute Gasteiger partial charge is 0.354 e. The number of hydrogen-bond acceptors (Lipinski definition) is 0. The van der Waals surface area contributed by atoms with Gasteiger partial charge < -0.3 is 11.7 Å². The first kappa shape index (κ1) is 11.2. The van der Waals surface area contributed by atoms with E-state index >= 15 is 0 Å². The van der Waals surface area contributed by atoms with E-state index in [-0.39, 0.29) is 0 Å². The maximum atomic E-state index is 3.76. The molecule has 0 fully saturated rings. The second-order valence-corrected chi connectivity index (χ2v) is 3.24. The van der Waals surface area contributed by atoms with Gasteiger partial charge in [0, 0.05) is 5.56 Å². The van der Waals surface area contributed by atoms with Crippen LogP contribution in [0.25, 0.3) is 0 Å². The van der Waals surface area contributed by atoms with Crippen LogP contribution in [0.2, 0.25) is 0 Å². The second-order valence-electron chi connectivity index (χ2n) is 3.24.